The second-order valence-corrected chi connectivity index (χ2v) is 6.04. The van der Waals surface area contributed by atoms with Crippen molar-refractivity contribution in [2.75, 3.05) is 0 Å². The molecule has 0 bridgehead atoms. The van der Waals surface area contributed by atoms with Gasteiger partial charge in [0.2, 0.25) is 0 Å². The van der Waals surface area contributed by atoms with Crippen LogP contribution in [-0.4, -0.2) is 14.9 Å². The van der Waals surface area contributed by atoms with Crippen molar-refractivity contribution in [1.29, 1.82) is 0 Å². The summed E-state index contributed by atoms with van der Waals surface area (Å²) in [6.07, 6.45) is 3.70. The number of nitrogens with two attached hydrogens (primary N) is 1. The Kier molecular flexibility index (Phi) is 6.90. The first-order valence-electron chi connectivity index (χ1n) is 7.37. The highest BCUT2D eigenvalue weighted by atomic mass is 35.5. The van der Waals surface area contributed by atoms with Crippen LogP contribution in [0.3, 0.4) is 0 Å². The van der Waals surface area contributed by atoms with Crippen LogP contribution in [0, 0.1) is 0 Å². The molecule has 0 aliphatic carbocycles. The summed E-state index contributed by atoms with van der Waals surface area (Å²) < 4.78 is 1.84. The Hall–Kier alpha value is -2.24. The summed E-state index contributed by atoms with van der Waals surface area (Å²) in [6.45, 7) is 0.623. The minimum absolute atomic E-state index is 0. The van der Waals surface area contributed by atoms with Crippen LogP contribution in [0.25, 0.3) is 5.69 Å². The number of hydrogen-bond donors (Lipinski definition) is 1. The van der Waals surface area contributed by atoms with Crippen molar-refractivity contribution in [3.05, 3.63) is 84.2 Å². The van der Waals surface area contributed by atoms with Crippen LogP contribution >= 0.6 is 24.2 Å². The van der Waals surface area contributed by atoms with Crippen LogP contribution < -0.4 is 5.73 Å². The van der Waals surface area contributed by atoms with Crippen LogP contribution in [0.2, 0.25) is 0 Å². The van der Waals surface area contributed by atoms with Gasteiger partial charge in [0.05, 0.1) is 12.2 Å². The number of amidine groups is 1. The lowest BCUT2D eigenvalue weighted by molar-refractivity contribution is 0.880. The number of halogens is 1. The normalized spacial score (nSPS) is 11.1. The Labute approximate surface area is 152 Å². The van der Waals surface area contributed by atoms with Gasteiger partial charge in [0.15, 0.2) is 5.17 Å². The zero-order chi connectivity index (χ0) is 15.9. The van der Waals surface area contributed by atoms with E-state index in [1.807, 2.05) is 35.1 Å². The number of hydrogen-bond acceptors (Lipinski definition) is 3. The molecule has 4 nitrogen and oxygen atoms in total. The predicted molar refractivity (Wildman–Crippen MR) is 104 cm³/mol. The second-order valence-electron chi connectivity index (χ2n) is 5.05. The summed E-state index contributed by atoms with van der Waals surface area (Å²) in [5.74, 6) is 0.809. The van der Waals surface area contributed by atoms with Gasteiger partial charge < -0.3 is 5.73 Å². The Bertz CT molecular complexity index is 755. The third-order valence-electron chi connectivity index (χ3n) is 3.35. The van der Waals surface area contributed by atoms with Gasteiger partial charge in [-0.15, -0.1) is 12.4 Å². The number of nitrogens with zero attached hydrogens (tertiary/aromatic N) is 3. The molecule has 0 saturated heterocycles. The van der Waals surface area contributed by atoms with Crippen LogP contribution in [0.15, 0.2) is 78.0 Å². The molecule has 0 saturated carbocycles. The highest BCUT2D eigenvalue weighted by Crippen LogP contribution is 2.15. The van der Waals surface area contributed by atoms with Gasteiger partial charge in [-0.2, -0.15) is 5.10 Å². The molecule has 1 aromatic heterocycles. The van der Waals surface area contributed by atoms with E-state index in [1.165, 1.54) is 11.1 Å². The first-order valence-corrected chi connectivity index (χ1v) is 8.35. The Morgan fingerprint density at radius 2 is 1.75 bits per heavy atom. The molecular formula is C18H19ClN4S. The van der Waals surface area contributed by atoms with Gasteiger partial charge >= 0.3 is 0 Å². The summed E-state index contributed by atoms with van der Waals surface area (Å²) >= 11 is 1.56. The second kappa shape index (κ2) is 9.15. The highest BCUT2D eigenvalue weighted by molar-refractivity contribution is 8.13. The van der Waals surface area contributed by atoms with Crippen LogP contribution in [-0.2, 0) is 12.3 Å². The lowest BCUT2D eigenvalue weighted by atomic mass is 10.2. The molecule has 0 amide bonds. The van der Waals surface area contributed by atoms with Gasteiger partial charge in [0.25, 0.3) is 0 Å². The summed E-state index contributed by atoms with van der Waals surface area (Å²) in [5.41, 5.74) is 9.40. The van der Waals surface area contributed by atoms with E-state index < -0.39 is 0 Å². The molecule has 0 aliphatic heterocycles. The van der Waals surface area contributed by atoms with Crippen molar-refractivity contribution >= 4 is 29.3 Å². The van der Waals surface area contributed by atoms with Crippen molar-refractivity contribution in [3.63, 3.8) is 0 Å². The fraction of sp³-hybridized carbons (Fsp3) is 0.111. The van der Waals surface area contributed by atoms with E-state index in [1.54, 1.807) is 18.0 Å². The van der Waals surface area contributed by atoms with Gasteiger partial charge in [0.1, 0.15) is 0 Å². The van der Waals surface area contributed by atoms with E-state index in [2.05, 4.69) is 46.5 Å². The first-order chi connectivity index (χ1) is 11.3. The zero-order valence-corrected chi connectivity index (χ0v) is 14.7. The van der Waals surface area contributed by atoms with E-state index >= 15 is 0 Å². The molecule has 0 aliphatic rings. The van der Waals surface area contributed by atoms with E-state index in [9.17, 15) is 0 Å². The molecule has 1 heterocycles. The highest BCUT2D eigenvalue weighted by Gasteiger charge is 2.00. The third-order valence-corrected chi connectivity index (χ3v) is 4.25. The average Bonchev–Trinajstić information content (AvgIpc) is 3.14. The smallest absolute Gasteiger partial charge is 0.154 e. The number of benzene rings is 2. The SMILES string of the molecule is Cl.NC(=NCc1ccccc1)SCc1ccc(-n2cccn2)cc1. The van der Waals surface area contributed by atoms with Gasteiger partial charge in [0, 0.05) is 18.1 Å². The predicted octanol–water partition coefficient (Wildman–Crippen LogP) is 4.04. The molecule has 3 rings (SSSR count). The van der Waals surface area contributed by atoms with Gasteiger partial charge in [-0.1, -0.05) is 54.2 Å². The molecule has 124 valence electrons. The number of aliphatic imine (C=N–C) groups is 1. The standard InChI is InChI=1S/C18H18N4S.ClH/c19-18(20-13-15-5-2-1-3-6-15)23-14-16-7-9-17(10-8-16)22-12-4-11-21-22;/h1-12H,13-14H2,(H2,19,20);1H. The topological polar surface area (TPSA) is 56.2 Å². The monoisotopic (exact) mass is 358 g/mol. The van der Waals surface area contributed by atoms with Gasteiger partial charge in [-0.3, -0.25) is 4.99 Å². The van der Waals surface area contributed by atoms with E-state index in [0.717, 1.165) is 11.4 Å². The van der Waals surface area contributed by atoms with Crippen molar-refractivity contribution in [3.8, 4) is 5.69 Å². The molecular weight excluding hydrogens is 340 g/mol. The summed E-state index contributed by atoms with van der Waals surface area (Å²) in [6, 6.07) is 20.3. The minimum atomic E-state index is 0. The third kappa shape index (κ3) is 5.15. The molecule has 24 heavy (non-hydrogen) atoms. The van der Waals surface area contributed by atoms with Crippen molar-refractivity contribution in [1.82, 2.24) is 9.78 Å². The van der Waals surface area contributed by atoms with Crippen LogP contribution in [0.5, 0.6) is 0 Å². The zero-order valence-electron chi connectivity index (χ0n) is 13.1. The van der Waals surface area contributed by atoms with Crippen LogP contribution in [0.1, 0.15) is 11.1 Å². The van der Waals surface area contributed by atoms with Gasteiger partial charge in [-0.25, -0.2) is 4.68 Å². The van der Waals surface area contributed by atoms with E-state index in [-0.39, 0.29) is 12.4 Å². The molecule has 3 aromatic rings. The maximum absolute atomic E-state index is 5.98. The molecule has 6 heteroatoms. The molecule has 0 fully saturated rings. The summed E-state index contributed by atoms with van der Waals surface area (Å²) in [5, 5.41) is 4.83. The Morgan fingerprint density at radius 1 is 1.00 bits per heavy atom. The molecule has 0 atom stereocenters. The lowest BCUT2D eigenvalue weighted by Gasteiger charge is -2.05. The lowest BCUT2D eigenvalue weighted by Crippen LogP contribution is -2.07. The Balaban J connectivity index is 0.00000208. The maximum atomic E-state index is 5.98. The first kappa shape index (κ1) is 18.1. The number of rotatable bonds is 5. The maximum Gasteiger partial charge on any atom is 0.154 e. The molecule has 2 N–H and O–H groups in total. The fourth-order valence-electron chi connectivity index (χ4n) is 2.12. The quantitative estimate of drug-likeness (QED) is 0.553. The molecule has 0 radical (unpaired) electrons. The minimum Gasteiger partial charge on any atom is -0.379 e. The van der Waals surface area contributed by atoms with Crippen molar-refractivity contribution < 1.29 is 0 Å². The van der Waals surface area contributed by atoms with Crippen LogP contribution in [0.4, 0.5) is 0 Å². The van der Waals surface area contributed by atoms with E-state index in [4.69, 9.17) is 5.73 Å². The molecule has 0 spiro atoms. The number of thioether (sulfide) groups is 1. The van der Waals surface area contributed by atoms with Crippen molar-refractivity contribution in [2.45, 2.75) is 12.3 Å². The molecule has 2 aromatic carbocycles. The molecule has 0 unspecified atom stereocenters. The number of aromatic nitrogens is 2. The summed E-state index contributed by atoms with van der Waals surface area (Å²) in [4.78, 5) is 4.41. The van der Waals surface area contributed by atoms with Gasteiger partial charge in [-0.05, 0) is 29.3 Å². The largest absolute Gasteiger partial charge is 0.379 e. The van der Waals surface area contributed by atoms with Crippen molar-refractivity contribution in [2.24, 2.45) is 10.7 Å². The Morgan fingerprint density at radius 3 is 2.42 bits per heavy atom. The fourth-order valence-corrected chi connectivity index (χ4v) is 2.78. The van der Waals surface area contributed by atoms with E-state index in [0.29, 0.717) is 11.7 Å². The summed E-state index contributed by atoms with van der Waals surface area (Å²) in [7, 11) is 0. The average molecular weight is 359 g/mol.